The first-order chi connectivity index (χ1) is 12.0. The first-order valence-corrected chi connectivity index (χ1v) is 8.35. The van der Waals surface area contributed by atoms with Gasteiger partial charge in [0.1, 0.15) is 0 Å². The van der Waals surface area contributed by atoms with Gasteiger partial charge in [-0.3, -0.25) is 24.8 Å². The van der Waals surface area contributed by atoms with E-state index < -0.39 is 4.92 Å². The van der Waals surface area contributed by atoms with Gasteiger partial charge >= 0.3 is 5.69 Å². The molecule has 1 aromatic carbocycles. The third kappa shape index (κ3) is 3.77. The van der Waals surface area contributed by atoms with Crippen molar-refractivity contribution in [2.75, 3.05) is 13.2 Å². The van der Waals surface area contributed by atoms with Gasteiger partial charge < -0.3 is 9.72 Å². The van der Waals surface area contributed by atoms with E-state index in [1.54, 1.807) is 13.0 Å². The van der Waals surface area contributed by atoms with Gasteiger partial charge in [-0.05, 0) is 30.8 Å². The molecule has 0 saturated heterocycles. The van der Waals surface area contributed by atoms with Gasteiger partial charge in [0.15, 0.2) is 10.5 Å². The summed E-state index contributed by atoms with van der Waals surface area (Å²) < 4.78 is 5.63. The Labute approximate surface area is 148 Å². The van der Waals surface area contributed by atoms with Crippen molar-refractivity contribution in [2.45, 2.75) is 26.4 Å². The predicted octanol–water partition coefficient (Wildman–Crippen LogP) is 2.30. The zero-order valence-electron chi connectivity index (χ0n) is 13.7. The molecule has 0 radical (unpaired) electrons. The third-order valence-corrected chi connectivity index (χ3v) is 4.32. The van der Waals surface area contributed by atoms with E-state index in [1.807, 2.05) is 6.07 Å². The highest BCUT2D eigenvalue weighted by atomic mass is 32.1. The van der Waals surface area contributed by atoms with Gasteiger partial charge in [0.2, 0.25) is 0 Å². The van der Waals surface area contributed by atoms with Crippen molar-refractivity contribution in [2.24, 2.45) is 0 Å². The average Bonchev–Trinajstić information content (AvgIpc) is 2.57. The van der Waals surface area contributed by atoms with Crippen LogP contribution in [0.25, 0.3) is 0 Å². The summed E-state index contributed by atoms with van der Waals surface area (Å²) in [4.78, 5) is 30.6. The highest BCUT2D eigenvalue weighted by molar-refractivity contribution is 7.71. The zero-order chi connectivity index (χ0) is 18.0. The number of fused-ring (bicyclic) bond motifs is 1. The summed E-state index contributed by atoms with van der Waals surface area (Å²) in [6.45, 7) is 3.88. The number of benzene rings is 1. The molecule has 0 aliphatic carbocycles. The second kappa shape index (κ2) is 7.16. The normalized spacial score (nSPS) is 14.1. The number of aromatic amines is 2. The molecule has 8 nitrogen and oxygen atoms in total. The Morgan fingerprint density at radius 3 is 2.92 bits per heavy atom. The van der Waals surface area contributed by atoms with Crippen LogP contribution >= 0.6 is 12.2 Å². The number of aromatic nitrogens is 2. The Morgan fingerprint density at radius 2 is 2.20 bits per heavy atom. The van der Waals surface area contributed by atoms with E-state index in [1.165, 1.54) is 6.07 Å². The number of nitro benzene ring substituents is 1. The van der Waals surface area contributed by atoms with Crippen molar-refractivity contribution in [3.63, 3.8) is 0 Å². The fourth-order valence-corrected chi connectivity index (χ4v) is 3.20. The van der Waals surface area contributed by atoms with Crippen LogP contribution in [-0.4, -0.2) is 32.9 Å². The van der Waals surface area contributed by atoms with E-state index in [4.69, 9.17) is 17.0 Å². The van der Waals surface area contributed by atoms with Crippen LogP contribution in [0.3, 0.4) is 0 Å². The number of rotatable bonds is 5. The molecule has 1 aromatic heterocycles. The van der Waals surface area contributed by atoms with Gasteiger partial charge in [0.25, 0.3) is 5.56 Å². The van der Waals surface area contributed by atoms with E-state index in [0.717, 1.165) is 17.8 Å². The maximum atomic E-state index is 12.1. The van der Waals surface area contributed by atoms with Crippen molar-refractivity contribution >= 4 is 17.9 Å². The molecular formula is C16H18N4O4S. The summed E-state index contributed by atoms with van der Waals surface area (Å²) >= 11 is 4.99. The summed E-state index contributed by atoms with van der Waals surface area (Å²) in [5.74, 6) is 0.268. The van der Waals surface area contributed by atoms with E-state index in [2.05, 4.69) is 14.9 Å². The number of ether oxygens (including phenoxy) is 1. The number of hydrogen-bond acceptors (Lipinski definition) is 6. The summed E-state index contributed by atoms with van der Waals surface area (Å²) in [6.07, 6.45) is 0.683. The Bertz CT molecular complexity index is 921. The molecule has 0 fully saturated rings. The highest BCUT2D eigenvalue weighted by Crippen LogP contribution is 2.29. The van der Waals surface area contributed by atoms with Crippen LogP contribution in [0, 0.1) is 14.9 Å². The fraction of sp³-hybridized carbons (Fsp3) is 0.375. The van der Waals surface area contributed by atoms with Crippen molar-refractivity contribution in [3.05, 3.63) is 60.3 Å². The van der Waals surface area contributed by atoms with Crippen LogP contribution in [0.5, 0.6) is 5.75 Å². The van der Waals surface area contributed by atoms with E-state index in [0.29, 0.717) is 36.5 Å². The minimum Gasteiger partial charge on any atom is -0.487 e. The second-order valence-corrected chi connectivity index (χ2v) is 6.23. The van der Waals surface area contributed by atoms with Crippen molar-refractivity contribution in [1.29, 1.82) is 0 Å². The standard InChI is InChI=1S/C16H18N4O4S/c1-2-24-14-4-3-10(7-13(14)20(22)23)8-19-6-5-12-11(9-19)15(21)18-16(25)17-12/h3-4,7H,2,5-6,8-9H2,1H3,(H2,17,18,21,25). The lowest BCUT2D eigenvalue weighted by Crippen LogP contribution is -2.35. The zero-order valence-corrected chi connectivity index (χ0v) is 14.5. The summed E-state index contributed by atoms with van der Waals surface area (Å²) in [7, 11) is 0. The monoisotopic (exact) mass is 362 g/mol. The van der Waals surface area contributed by atoms with Gasteiger partial charge in [-0.2, -0.15) is 0 Å². The maximum absolute atomic E-state index is 12.1. The van der Waals surface area contributed by atoms with E-state index in [9.17, 15) is 14.9 Å². The van der Waals surface area contributed by atoms with E-state index >= 15 is 0 Å². The Balaban J connectivity index is 1.81. The van der Waals surface area contributed by atoms with Crippen molar-refractivity contribution < 1.29 is 9.66 Å². The molecule has 0 saturated carbocycles. The summed E-state index contributed by atoms with van der Waals surface area (Å²) in [5.41, 5.74) is 2.11. The minimum absolute atomic E-state index is 0.0429. The molecule has 0 spiro atoms. The highest BCUT2D eigenvalue weighted by Gasteiger charge is 2.21. The molecule has 9 heteroatoms. The quantitative estimate of drug-likeness (QED) is 0.480. The van der Waals surface area contributed by atoms with Crippen LogP contribution < -0.4 is 10.3 Å². The summed E-state index contributed by atoms with van der Waals surface area (Å²) in [5, 5.41) is 11.2. The minimum atomic E-state index is -0.440. The Hall–Kier alpha value is -2.52. The van der Waals surface area contributed by atoms with Crippen molar-refractivity contribution in [3.8, 4) is 5.75 Å². The third-order valence-electron chi connectivity index (χ3n) is 4.12. The van der Waals surface area contributed by atoms with Gasteiger partial charge in [0.05, 0.1) is 17.1 Å². The summed E-state index contributed by atoms with van der Waals surface area (Å²) in [6, 6.07) is 4.97. The molecule has 2 N–H and O–H groups in total. The van der Waals surface area contributed by atoms with Crippen LogP contribution in [0.2, 0.25) is 0 Å². The lowest BCUT2D eigenvalue weighted by atomic mass is 10.1. The first kappa shape index (κ1) is 17.3. The maximum Gasteiger partial charge on any atom is 0.311 e. The number of nitrogens with zero attached hydrogens (tertiary/aromatic N) is 2. The molecule has 1 aliphatic heterocycles. The molecule has 3 rings (SSSR count). The molecule has 25 heavy (non-hydrogen) atoms. The molecule has 2 heterocycles. The SMILES string of the molecule is CCOc1ccc(CN2CCc3[nH]c(=S)[nH]c(=O)c3C2)cc1[N+](=O)[O-]. The van der Waals surface area contributed by atoms with Gasteiger partial charge in [-0.15, -0.1) is 0 Å². The molecule has 0 amide bonds. The molecule has 2 aromatic rings. The van der Waals surface area contributed by atoms with E-state index in [-0.39, 0.29) is 17.0 Å². The van der Waals surface area contributed by atoms with Crippen molar-refractivity contribution in [1.82, 2.24) is 14.9 Å². The van der Waals surface area contributed by atoms with Crippen LogP contribution in [0.15, 0.2) is 23.0 Å². The topological polar surface area (TPSA) is 104 Å². The lowest BCUT2D eigenvalue weighted by molar-refractivity contribution is -0.385. The predicted molar refractivity (Wildman–Crippen MR) is 94.3 cm³/mol. The van der Waals surface area contributed by atoms with Gasteiger partial charge in [0, 0.05) is 37.8 Å². The fourth-order valence-electron chi connectivity index (χ4n) is 2.99. The Morgan fingerprint density at radius 1 is 1.40 bits per heavy atom. The molecular weight excluding hydrogens is 344 g/mol. The van der Waals surface area contributed by atoms with Crippen LogP contribution in [0.4, 0.5) is 5.69 Å². The van der Waals surface area contributed by atoms with Crippen LogP contribution in [-0.2, 0) is 19.5 Å². The lowest BCUT2D eigenvalue weighted by Gasteiger charge is -2.27. The average molecular weight is 362 g/mol. The number of nitrogens with one attached hydrogen (secondary N) is 2. The molecule has 0 bridgehead atoms. The second-order valence-electron chi connectivity index (χ2n) is 5.82. The first-order valence-electron chi connectivity index (χ1n) is 7.94. The van der Waals surface area contributed by atoms with Crippen LogP contribution in [0.1, 0.15) is 23.7 Å². The molecule has 132 valence electrons. The molecule has 0 atom stereocenters. The van der Waals surface area contributed by atoms with Gasteiger partial charge in [-0.1, -0.05) is 6.07 Å². The smallest absolute Gasteiger partial charge is 0.311 e. The van der Waals surface area contributed by atoms with Gasteiger partial charge in [-0.25, -0.2) is 0 Å². The largest absolute Gasteiger partial charge is 0.487 e. The molecule has 1 aliphatic rings. The molecule has 0 unspecified atom stereocenters. The Kier molecular flexibility index (Phi) is 4.95. The number of nitro groups is 1. The number of hydrogen-bond donors (Lipinski definition) is 2. The number of H-pyrrole nitrogens is 2.